The van der Waals surface area contributed by atoms with E-state index >= 15 is 0 Å². The van der Waals surface area contributed by atoms with Crippen LogP contribution in [0.5, 0.6) is 0 Å². The molecule has 284 valence electrons. The summed E-state index contributed by atoms with van der Waals surface area (Å²) in [6.07, 6.45) is 14.8. The molecule has 0 N–H and O–H groups in total. The van der Waals surface area contributed by atoms with E-state index in [0.29, 0.717) is 9.54 Å². The Hall–Kier alpha value is -2.83. The third kappa shape index (κ3) is 7.65. The van der Waals surface area contributed by atoms with Crippen LogP contribution in [0.2, 0.25) is 3.63 Å². The van der Waals surface area contributed by atoms with Crippen LogP contribution in [-0.2, 0) is 51.4 Å². The van der Waals surface area contributed by atoms with Crippen molar-refractivity contribution in [2.75, 3.05) is 0 Å². The van der Waals surface area contributed by atoms with Crippen molar-refractivity contribution in [3.8, 4) is 11.1 Å². The molecule has 4 aromatic rings. The molecule has 0 saturated carbocycles. The zero-order valence-corrected chi connectivity index (χ0v) is 38.6. The van der Waals surface area contributed by atoms with E-state index in [0.717, 1.165) is 25.7 Å². The van der Waals surface area contributed by atoms with Gasteiger partial charge in [0.2, 0.25) is 0 Å². The van der Waals surface area contributed by atoms with Crippen molar-refractivity contribution in [2.24, 2.45) is 11.3 Å². The first-order valence-corrected chi connectivity index (χ1v) is 23.9. The predicted octanol–water partition coefficient (Wildman–Crippen LogP) is 7.62. The SMILES string of the molecule is CC1=CCC(C)(C)c2cc3c(cc21)-c1cc2c(cc1C3)C(C)(C)[CH]([Zr+2]([C]1=CC(C(C)(C)C)=CC1C)=[C](Cc1ccccc1)Cc1ccccc1)C=C2C.[Cl-].[Cl-]. The van der Waals surface area contributed by atoms with Crippen LogP contribution in [0.4, 0.5) is 0 Å². The zero-order chi connectivity index (χ0) is 37.4. The molecule has 55 heavy (non-hydrogen) atoms. The van der Waals surface area contributed by atoms with Gasteiger partial charge in [-0.1, -0.05) is 0 Å². The first-order chi connectivity index (χ1) is 25.1. The molecule has 3 heteroatoms. The summed E-state index contributed by atoms with van der Waals surface area (Å²) in [4.78, 5) is 0. The van der Waals surface area contributed by atoms with Crippen LogP contribution in [0.25, 0.3) is 22.3 Å². The number of rotatable bonds is 6. The molecular weight excluding hydrogens is 787 g/mol. The fourth-order valence-electron chi connectivity index (χ4n) is 9.86. The Balaban J connectivity index is 0.00000257. The fraction of sp³-hybridized carbons (Fsp3) is 0.365. The van der Waals surface area contributed by atoms with E-state index in [1.54, 1.807) is 8.84 Å². The van der Waals surface area contributed by atoms with Crippen molar-refractivity contribution < 1.29 is 46.1 Å². The van der Waals surface area contributed by atoms with Gasteiger partial charge >= 0.3 is 330 Å². The Morgan fingerprint density at radius 1 is 0.691 bits per heavy atom. The molecule has 2 atom stereocenters. The molecule has 0 spiro atoms. The van der Waals surface area contributed by atoms with Crippen LogP contribution in [-0.4, -0.2) is 3.21 Å². The van der Waals surface area contributed by atoms with E-state index in [2.05, 4.69) is 178 Å². The van der Waals surface area contributed by atoms with Crippen LogP contribution < -0.4 is 24.8 Å². The number of fused-ring (bicyclic) bond motifs is 5. The van der Waals surface area contributed by atoms with Crippen LogP contribution >= 0.6 is 0 Å². The molecule has 2 unspecified atom stereocenters. The van der Waals surface area contributed by atoms with Gasteiger partial charge in [-0.2, -0.15) is 0 Å². The van der Waals surface area contributed by atoms with Crippen LogP contribution in [0, 0.1) is 11.3 Å². The summed E-state index contributed by atoms with van der Waals surface area (Å²) < 4.78 is 4.13. The molecule has 8 rings (SSSR count). The van der Waals surface area contributed by atoms with Gasteiger partial charge in [0.05, 0.1) is 0 Å². The second-order valence-corrected chi connectivity index (χ2v) is 25.6. The van der Waals surface area contributed by atoms with Crippen LogP contribution in [0.1, 0.15) is 120 Å². The first kappa shape index (κ1) is 41.8. The monoisotopic (exact) mass is 842 g/mol. The summed E-state index contributed by atoms with van der Waals surface area (Å²) in [6.45, 7) is 24.4. The van der Waals surface area contributed by atoms with Crippen molar-refractivity contribution in [2.45, 2.75) is 109 Å². The average Bonchev–Trinajstić information content (AvgIpc) is 3.68. The summed E-state index contributed by atoms with van der Waals surface area (Å²) in [5, 5.41) is 0. The van der Waals surface area contributed by atoms with Gasteiger partial charge in [0, 0.05) is 0 Å². The van der Waals surface area contributed by atoms with Gasteiger partial charge in [-0.05, 0) is 0 Å². The van der Waals surface area contributed by atoms with E-state index in [1.807, 2.05) is 3.21 Å². The summed E-state index contributed by atoms with van der Waals surface area (Å²) in [6, 6.07) is 33.1. The minimum absolute atomic E-state index is 0. The molecule has 0 radical (unpaired) electrons. The van der Waals surface area contributed by atoms with E-state index < -0.39 is 21.3 Å². The molecular formula is C52H58Cl2Zr. The van der Waals surface area contributed by atoms with E-state index in [9.17, 15) is 0 Å². The number of hydrogen-bond acceptors (Lipinski definition) is 0. The maximum atomic E-state index is 2.78. The maximum Gasteiger partial charge on any atom is -1.00 e. The molecule has 0 aromatic heterocycles. The van der Waals surface area contributed by atoms with Crippen molar-refractivity contribution >= 4 is 14.4 Å². The Bertz CT molecular complexity index is 2240. The molecule has 4 aliphatic rings. The number of allylic oxidation sites excluding steroid dienone is 8. The Labute approximate surface area is 352 Å². The summed E-state index contributed by atoms with van der Waals surface area (Å²) in [5.41, 5.74) is 19.7. The molecule has 0 bridgehead atoms. The second kappa shape index (κ2) is 15.5. The first-order valence-electron chi connectivity index (χ1n) is 20.1. The van der Waals surface area contributed by atoms with Gasteiger partial charge in [-0.3, -0.25) is 0 Å². The van der Waals surface area contributed by atoms with Crippen molar-refractivity contribution in [3.63, 3.8) is 0 Å². The average molecular weight is 845 g/mol. The maximum absolute atomic E-state index is 2.78. The number of benzene rings is 4. The van der Waals surface area contributed by atoms with Crippen LogP contribution in [0.15, 0.2) is 118 Å². The summed E-state index contributed by atoms with van der Waals surface area (Å²) >= 11 is -2.66. The van der Waals surface area contributed by atoms with Crippen molar-refractivity contribution in [1.29, 1.82) is 0 Å². The largest absolute Gasteiger partial charge is 1.00 e. The van der Waals surface area contributed by atoms with Crippen molar-refractivity contribution in [1.82, 2.24) is 0 Å². The summed E-state index contributed by atoms with van der Waals surface area (Å²) in [7, 11) is 0. The molecule has 4 aromatic carbocycles. The third-order valence-corrected chi connectivity index (χ3v) is 22.6. The van der Waals surface area contributed by atoms with Gasteiger partial charge in [-0.15, -0.1) is 0 Å². The molecule has 0 amide bonds. The van der Waals surface area contributed by atoms with Gasteiger partial charge in [0.15, 0.2) is 0 Å². The zero-order valence-electron chi connectivity index (χ0n) is 34.6. The topological polar surface area (TPSA) is 0 Å². The standard InChI is InChI=1S/C27H29.C15H14.C10H15.2ClH.Zr/c1-16-7-9-26(3,4)24-12-18-11-19-13-25-21(17(2)8-10-27(25,5)6)15-23(19)22(18)14-20(16)24;1-3-8-14(9-4-1)12-7-13-15-10-5-2-6-11-15;1-8-5-6-9(7-8)10(2,3)4;;;/h7-9,12-15H,10-11H2,1-6H3;1-6,8-11H,12-13H2;6-8H,1-4H3;2*1H;/q;;;;;+2/p-2. The number of hydrogen-bond donors (Lipinski definition) is 0. The molecule has 0 saturated heterocycles. The third-order valence-electron chi connectivity index (χ3n) is 13.2. The molecule has 0 nitrogen and oxygen atoms in total. The van der Waals surface area contributed by atoms with E-state index in [1.165, 1.54) is 66.8 Å². The van der Waals surface area contributed by atoms with Crippen molar-refractivity contribution in [3.05, 3.63) is 163 Å². The Kier molecular flexibility index (Phi) is 11.8. The van der Waals surface area contributed by atoms with Gasteiger partial charge in [0.25, 0.3) is 0 Å². The molecule has 4 aliphatic carbocycles. The Morgan fingerprint density at radius 2 is 1.22 bits per heavy atom. The molecule has 0 heterocycles. The Morgan fingerprint density at radius 3 is 1.75 bits per heavy atom. The molecule has 0 aliphatic heterocycles. The normalized spacial score (nSPS) is 19.7. The van der Waals surface area contributed by atoms with Crippen LogP contribution in [0.3, 0.4) is 0 Å². The van der Waals surface area contributed by atoms with Gasteiger partial charge < -0.3 is 24.8 Å². The van der Waals surface area contributed by atoms with E-state index in [4.69, 9.17) is 0 Å². The van der Waals surface area contributed by atoms with E-state index in [-0.39, 0.29) is 41.1 Å². The predicted molar refractivity (Wildman–Crippen MR) is 226 cm³/mol. The second-order valence-electron chi connectivity index (χ2n) is 18.9. The number of halogens is 2. The molecule has 0 fully saturated rings. The fourth-order valence-corrected chi connectivity index (χ4v) is 20.1. The minimum atomic E-state index is -2.66. The smallest absolute Gasteiger partial charge is 1.00 e. The van der Waals surface area contributed by atoms with Gasteiger partial charge in [0.1, 0.15) is 0 Å². The van der Waals surface area contributed by atoms with Gasteiger partial charge in [-0.25, -0.2) is 0 Å². The minimum Gasteiger partial charge on any atom is -1.00 e. The summed E-state index contributed by atoms with van der Waals surface area (Å²) in [5.74, 6) is 0.480. The quantitative estimate of drug-likeness (QED) is 0.165.